The molecule has 0 saturated carbocycles. The third-order valence-electron chi connectivity index (χ3n) is 6.30. The Labute approximate surface area is 226 Å². The minimum Gasteiger partial charge on any atom is -0.508 e. The lowest BCUT2D eigenvalue weighted by Gasteiger charge is -2.36. The summed E-state index contributed by atoms with van der Waals surface area (Å²) in [6.45, 7) is 0. The molecular weight excluding hydrogens is 522 g/mol. The van der Waals surface area contributed by atoms with E-state index in [1.54, 1.807) is 30.3 Å². The molecule has 37 heavy (non-hydrogen) atoms. The third kappa shape index (κ3) is 4.99. The SMILES string of the molecule is O=[P+](Oc1ccc(C(c2ccccc2)(c2ccccc2)c2ccc(O)cc2)cc1)c1ccc(Cl)cc1Cl. The van der Waals surface area contributed by atoms with Crippen molar-refractivity contribution < 1.29 is 14.2 Å². The van der Waals surface area contributed by atoms with Crippen molar-refractivity contribution in [3.05, 3.63) is 160 Å². The van der Waals surface area contributed by atoms with E-state index in [0.717, 1.165) is 22.3 Å². The quantitative estimate of drug-likeness (QED) is 0.165. The fraction of sp³-hybridized carbons (Fsp3) is 0.0323. The Bertz CT molecular complexity index is 1480. The molecule has 0 amide bonds. The monoisotopic (exact) mass is 543 g/mol. The summed E-state index contributed by atoms with van der Waals surface area (Å²) in [6.07, 6.45) is 0. The molecule has 1 unspecified atom stereocenters. The molecule has 0 aliphatic carbocycles. The molecule has 5 rings (SSSR count). The summed E-state index contributed by atoms with van der Waals surface area (Å²) in [4.78, 5) is 0. The Hall–Kier alpha value is -3.62. The van der Waals surface area contributed by atoms with Crippen molar-refractivity contribution in [1.82, 2.24) is 0 Å². The van der Waals surface area contributed by atoms with Gasteiger partial charge in [0, 0.05) is 5.02 Å². The van der Waals surface area contributed by atoms with E-state index in [4.69, 9.17) is 27.7 Å². The highest BCUT2D eigenvalue weighted by Gasteiger charge is 2.38. The molecular formula is C31H22Cl2O3P+. The second-order valence-corrected chi connectivity index (χ2v) is 10.5. The normalized spacial score (nSPS) is 11.7. The minimum absolute atomic E-state index is 0.201. The van der Waals surface area contributed by atoms with Crippen LogP contribution in [0.3, 0.4) is 0 Å². The van der Waals surface area contributed by atoms with Crippen molar-refractivity contribution in [1.29, 1.82) is 0 Å². The lowest BCUT2D eigenvalue weighted by atomic mass is 9.65. The zero-order valence-corrected chi connectivity index (χ0v) is 22.0. The van der Waals surface area contributed by atoms with E-state index in [-0.39, 0.29) is 5.75 Å². The number of aromatic hydroxyl groups is 1. The zero-order valence-electron chi connectivity index (χ0n) is 19.6. The van der Waals surface area contributed by atoms with Crippen LogP contribution in [0.2, 0.25) is 10.0 Å². The Morgan fingerprint density at radius 3 is 1.62 bits per heavy atom. The van der Waals surface area contributed by atoms with E-state index in [0.29, 0.717) is 21.1 Å². The van der Waals surface area contributed by atoms with Crippen LogP contribution in [0.4, 0.5) is 0 Å². The lowest BCUT2D eigenvalue weighted by molar-refractivity contribution is 0.475. The van der Waals surface area contributed by atoms with Crippen molar-refractivity contribution in [3.63, 3.8) is 0 Å². The lowest BCUT2D eigenvalue weighted by Crippen LogP contribution is -2.30. The third-order valence-corrected chi connectivity index (χ3v) is 8.14. The molecule has 0 radical (unpaired) electrons. The number of rotatable bonds is 7. The smallest absolute Gasteiger partial charge is 0.508 e. The standard InChI is InChI=1S/C31H21Cl2O3P/c32-26-15-20-30(29(33)21-26)37(35)36-28-18-13-25(14-19-28)31(22-7-3-1-4-8-22,23-9-5-2-6-10-23)24-11-16-27(34)17-12-24/h1-21H/p+1. The van der Waals surface area contributed by atoms with Crippen LogP contribution >= 0.6 is 31.2 Å². The number of hydrogen-bond donors (Lipinski definition) is 1. The van der Waals surface area contributed by atoms with Crippen molar-refractivity contribution in [2.45, 2.75) is 5.41 Å². The number of hydrogen-bond acceptors (Lipinski definition) is 3. The molecule has 0 saturated heterocycles. The first-order valence-corrected chi connectivity index (χ1v) is 13.5. The van der Waals surface area contributed by atoms with E-state index in [2.05, 4.69) is 24.3 Å². The molecule has 1 N–H and O–H groups in total. The van der Waals surface area contributed by atoms with Gasteiger partial charge < -0.3 is 5.11 Å². The number of benzene rings is 5. The molecule has 0 aliphatic heterocycles. The average Bonchev–Trinajstić information content (AvgIpc) is 2.92. The molecule has 0 fully saturated rings. The highest BCUT2D eigenvalue weighted by atomic mass is 35.5. The van der Waals surface area contributed by atoms with Crippen LogP contribution in [-0.2, 0) is 9.98 Å². The van der Waals surface area contributed by atoms with Gasteiger partial charge in [0.05, 0.1) is 10.4 Å². The number of phenolic OH excluding ortho intramolecular Hbond substituents is 1. The highest BCUT2D eigenvalue weighted by molar-refractivity contribution is 7.49. The van der Waals surface area contributed by atoms with E-state index in [9.17, 15) is 9.67 Å². The summed E-state index contributed by atoms with van der Waals surface area (Å²) in [7, 11) is -2.23. The molecule has 0 aliphatic rings. The van der Waals surface area contributed by atoms with Crippen LogP contribution in [0, 0.1) is 0 Å². The molecule has 5 aromatic rings. The predicted molar refractivity (Wildman–Crippen MR) is 151 cm³/mol. The van der Waals surface area contributed by atoms with E-state index in [1.165, 1.54) is 0 Å². The molecule has 1 atom stereocenters. The summed E-state index contributed by atoms with van der Waals surface area (Å²) in [6, 6.07) is 40.1. The summed E-state index contributed by atoms with van der Waals surface area (Å²) in [5.74, 6) is 0.656. The Kier molecular flexibility index (Phi) is 7.30. The first kappa shape index (κ1) is 25.0. The van der Waals surface area contributed by atoms with Crippen LogP contribution in [0.1, 0.15) is 22.3 Å². The van der Waals surface area contributed by atoms with Gasteiger partial charge in [-0.25, -0.2) is 0 Å². The van der Waals surface area contributed by atoms with Crippen molar-refractivity contribution in [2.75, 3.05) is 0 Å². The maximum atomic E-state index is 12.9. The Balaban J connectivity index is 1.62. The largest absolute Gasteiger partial charge is 0.598 e. The van der Waals surface area contributed by atoms with Gasteiger partial charge in [0.15, 0.2) is 5.75 Å². The van der Waals surface area contributed by atoms with E-state index >= 15 is 0 Å². The van der Waals surface area contributed by atoms with Gasteiger partial charge in [-0.3, -0.25) is 4.52 Å². The van der Waals surface area contributed by atoms with E-state index < -0.39 is 13.4 Å². The molecule has 6 heteroatoms. The number of phenols is 1. The fourth-order valence-corrected chi connectivity index (χ4v) is 6.09. The number of halogens is 2. The van der Waals surface area contributed by atoms with Crippen LogP contribution in [0.15, 0.2) is 127 Å². The summed E-state index contributed by atoms with van der Waals surface area (Å²) in [5, 5.41) is 11.2. The van der Waals surface area contributed by atoms with Gasteiger partial charge in [-0.2, -0.15) is 0 Å². The molecule has 5 aromatic carbocycles. The van der Waals surface area contributed by atoms with Gasteiger partial charge in [-0.05, 0) is 69.3 Å². The maximum absolute atomic E-state index is 12.9. The van der Waals surface area contributed by atoms with Crippen LogP contribution < -0.4 is 9.83 Å². The predicted octanol–water partition coefficient (Wildman–Crippen LogP) is 8.53. The van der Waals surface area contributed by atoms with Gasteiger partial charge in [-0.15, -0.1) is 0 Å². The van der Waals surface area contributed by atoms with Crippen LogP contribution in [-0.4, -0.2) is 5.11 Å². The van der Waals surface area contributed by atoms with Crippen molar-refractivity contribution >= 4 is 36.5 Å². The van der Waals surface area contributed by atoms with Gasteiger partial charge in [-0.1, -0.05) is 108 Å². The molecule has 3 nitrogen and oxygen atoms in total. The topological polar surface area (TPSA) is 46.5 Å². The second kappa shape index (κ2) is 10.8. The van der Waals surface area contributed by atoms with Crippen molar-refractivity contribution in [2.24, 2.45) is 0 Å². The minimum atomic E-state index is -2.23. The first-order chi connectivity index (χ1) is 18.0. The molecule has 0 spiro atoms. The maximum Gasteiger partial charge on any atom is 0.598 e. The van der Waals surface area contributed by atoms with Crippen molar-refractivity contribution in [3.8, 4) is 11.5 Å². The Morgan fingerprint density at radius 2 is 1.11 bits per heavy atom. The van der Waals surface area contributed by atoms with Crippen LogP contribution in [0.25, 0.3) is 0 Å². The molecule has 0 aromatic heterocycles. The van der Waals surface area contributed by atoms with Gasteiger partial charge in [0.2, 0.25) is 0 Å². The fourth-order valence-electron chi connectivity index (χ4n) is 4.63. The summed E-state index contributed by atoms with van der Waals surface area (Å²) >= 11 is 12.2. The summed E-state index contributed by atoms with van der Waals surface area (Å²) < 4.78 is 18.7. The zero-order chi connectivity index (χ0) is 25.8. The highest BCUT2D eigenvalue weighted by Crippen LogP contribution is 2.46. The molecule has 182 valence electrons. The first-order valence-electron chi connectivity index (χ1n) is 11.6. The summed E-state index contributed by atoms with van der Waals surface area (Å²) in [5.41, 5.74) is 3.45. The van der Waals surface area contributed by atoms with Crippen LogP contribution in [0.5, 0.6) is 11.5 Å². The molecule has 0 heterocycles. The van der Waals surface area contributed by atoms with Gasteiger partial charge in [0.1, 0.15) is 5.75 Å². The van der Waals surface area contributed by atoms with Gasteiger partial charge in [0.25, 0.3) is 5.30 Å². The second-order valence-electron chi connectivity index (χ2n) is 8.50. The average molecular weight is 544 g/mol. The van der Waals surface area contributed by atoms with Gasteiger partial charge >= 0.3 is 8.03 Å². The van der Waals surface area contributed by atoms with E-state index in [1.807, 2.05) is 72.8 Å². The molecule has 0 bridgehead atoms. The Morgan fingerprint density at radius 1 is 0.622 bits per heavy atom.